The zero-order chi connectivity index (χ0) is 19.8. The summed E-state index contributed by atoms with van der Waals surface area (Å²) >= 11 is 5.50. The highest BCUT2D eigenvalue weighted by molar-refractivity contribution is 7.80. The quantitative estimate of drug-likeness (QED) is 0.571. The lowest BCUT2D eigenvalue weighted by Crippen LogP contribution is -2.42. The number of pyridine rings is 1. The number of aromatic amines is 1. The fourth-order valence-electron chi connectivity index (χ4n) is 2.73. The van der Waals surface area contributed by atoms with E-state index in [9.17, 15) is 9.90 Å². The molecule has 0 saturated carbocycles. The Balaban J connectivity index is 2.26. The summed E-state index contributed by atoms with van der Waals surface area (Å²) in [4.78, 5) is 17.4. The molecule has 0 fully saturated rings. The van der Waals surface area contributed by atoms with Crippen LogP contribution < -0.4 is 15.6 Å². The van der Waals surface area contributed by atoms with Crippen LogP contribution in [0.4, 0.5) is 0 Å². The molecule has 0 bridgehead atoms. The van der Waals surface area contributed by atoms with E-state index in [4.69, 9.17) is 17.0 Å². The monoisotopic (exact) mass is 391 g/mol. The van der Waals surface area contributed by atoms with Gasteiger partial charge in [0.25, 0.3) is 5.56 Å². The minimum Gasteiger partial charge on any atom is -0.494 e. The van der Waals surface area contributed by atoms with Crippen molar-refractivity contribution in [2.75, 3.05) is 26.3 Å². The van der Waals surface area contributed by atoms with E-state index in [1.54, 1.807) is 0 Å². The van der Waals surface area contributed by atoms with E-state index in [0.29, 0.717) is 42.7 Å². The van der Waals surface area contributed by atoms with Gasteiger partial charge in [-0.15, -0.1) is 0 Å². The van der Waals surface area contributed by atoms with Crippen LogP contribution in [-0.4, -0.2) is 46.4 Å². The summed E-state index contributed by atoms with van der Waals surface area (Å²) < 4.78 is 5.55. The smallest absolute Gasteiger partial charge is 0.253 e. The average Bonchev–Trinajstić information content (AvgIpc) is 2.64. The molecule has 1 aromatic heterocycles. The lowest BCUT2D eigenvalue weighted by molar-refractivity contribution is 0.264. The first-order valence-electron chi connectivity index (χ1n) is 9.37. The van der Waals surface area contributed by atoms with E-state index in [-0.39, 0.29) is 12.2 Å². The van der Waals surface area contributed by atoms with Crippen molar-refractivity contribution < 1.29 is 9.84 Å². The van der Waals surface area contributed by atoms with Gasteiger partial charge in [0.2, 0.25) is 0 Å². The Morgan fingerprint density at radius 3 is 2.81 bits per heavy atom. The van der Waals surface area contributed by atoms with Crippen molar-refractivity contribution in [3.05, 3.63) is 40.2 Å². The Hall–Kier alpha value is -2.12. The molecule has 0 radical (unpaired) electrons. The molecule has 0 aliphatic heterocycles. The minimum absolute atomic E-state index is 0.0785. The molecule has 2 rings (SSSR count). The summed E-state index contributed by atoms with van der Waals surface area (Å²) in [5.41, 5.74) is 1.27. The summed E-state index contributed by atoms with van der Waals surface area (Å²) in [6.45, 7) is 8.55. The molecule has 1 heterocycles. The second kappa shape index (κ2) is 10.3. The predicted molar refractivity (Wildman–Crippen MR) is 113 cm³/mol. The fourth-order valence-corrected chi connectivity index (χ4v) is 2.97. The number of aromatic nitrogens is 1. The normalized spacial score (nSPS) is 11.0. The van der Waals surface area contributed by atoms with Crippen molar-refractivity contribution in [2.45, 2.75) is 33.7 Å². The van der Waals surface area contributed by atoms with Crippen LogP contribution in [-0.2, 0) is 6.54 Å². The van der Waals surface area contributed by atoms with Gasteiger partial charge in [-0.05, 0) is 55.7 Å². The number of nitrogens with zero attached hydrogens (tertiary/aromatic N) is 1. The first-order chi connectivity index (χ1) is 12.9. The number of ether oxygens (including phenoxy) is 1. The van der Waals surface area contributed by atoms with Crippen LogP contribution in [0.1, 0.15) is 32.8 Å². The molecule has 27 heavy (non-hydrogen) atoms. The zero-order valence-electron chi connectivity index (χ0n) is 16.2. The van der Waals surface area contributed by atoms with Crippen molar-refractivity contribution in [1.29, 1.82) is 0 Å². The highest BCUT2D eigenvalue weighted by Crippen LogP contribution is 2.19. The molecule has 7 heteroatoms. The number of aliphatic hydroxyl groups is 1. The molecular weight excluding hydrogens is 362 g/mol. The van der Waals surface area contributed by atoms with Crippen molar-refractivity contribution in [3.63, 3.8) is 0 Å². The van der Waals surface area contributed by atoms with Crippen LogP contribution in [0.5, 0.6) is 5.75 Å². The van der Waals surface area contributed by atoms with Crippen LogP contribution in [0, 0.1) is 5.92 Å². The molecule has 0 aliphatic rings. The number of hydrogen-bond acceptors (Lipinski definition) is 4. The van der Waals surface area contributed by atoms with Crippen molar-refractivity contribution >= 4 is 28.2 Å². The molecule has 1 aromatic carbocycles. The number of fused-ring (bicyclic) bond motifs is 1. The van der Waals surface area contributed by atoms with Gasteiger partial charge in [-0.3, -0.25) is 4.79 Å². The van der Waals surface area contributed by atoms with Crippen molar-refractivity contribution in [3.8, 4) is 5.75 Å². The van der Waals surface area contributed by atoms with Gasteiger partial charge >= 0.3 is 0 Å². The summed E-state index contributed by atoms with van der Waals surface area (Å²) in [5, 5.41) is 13.9. The molecule has 3 N–H and O–H groups in total. The van der Waals surface area contributed by atoms with E-state index in [0.717, 1.165) is 23.2 Å². The maximum atomic E-state index is 12.5. The Bertz CT molecular complexity index is 820. The van der Waals surface area contributed by atoms with Gasteiger partial charge in [0, 0.05) is 36.2 Å². The maximum absolute atomic E-state index is 12.5. The highest BCUT2D eigenvalue weighted by atomic mass is 32.1. The molecule has 0 spiro atoms. The molecule has 0 atom stereocenters. The van der Waals surface area contributed by atoms with E-state index in [1.807, 2.05) is 36.1 Å². The van der Waals surface area contributed by atoms with Gasteiger partial charge in [0.1, 0.15) is 5.75 Å². The largest absolute Gasteiger partial charge is 0.494 e. The van der Waals surface area contributed by atoms with Crippen LogP contribution in [0.2, 0.25) is 0 Å². The molecular formula is C20H29N3O3S. The number of aliphatic hydroxyl groups excluding tert-OH is 1. The van der Waals surface area contributed by atoms with E-state index in [2.05, 4.69) is 24.1 Å². The van der Waals surface area contributed by atoms with Crippen LogP contribution in [0.3, 0.4) is 0 Å². The third-order valence-corrected chi connectivity index (χ3v) is 4.50. The summed E-state index contributed by atoms with van der Waals surface area (Å²) in [7, 11) is 0. The Labute approximate surface area is 165 Å². The molecule has 0 unspecified atom stereocenters. The number of thiocarbonyl (C=S) groups is 1. The van der Waals surface area contributed by atoms with E-state index in [1.165, 1.54) is 0 Å². The molecule has 2 aromatic rings. The van der Waals surface area contributed by atoms with E-state index < -0.39 is 0 Å². The van der Waals surface area contributed by atoms with E-state index >= 15 is 0 Å². The number of rotatable bonds is 9. The molecule has 6 nitrogen and oxygen atoms in total. The van der Waals surface area contributed by atoms with Gasteiger partial charge in [-0.2, -0.15) is 0 Å². The average molecular weight is 392 g/mol. The molecule has 0 aliphatic carbocycles. The van der Waals surface area contributed by atoms with Crippen molar-refractivity contribution in [1.82, 2.24) is 15.2 Å². The standard InChI is InChI=1S/C20H29N3O3S/c1-4-26-17-6-7-18-15(11-17)10-16(19(25)22-18)13-23(8-5-9-24)20(27)21-12-14(2)3/h6-7,10-11,14,24H,4-5,8-9,12-13H2,1-3H3,(H,21,27)(H,22,25). The third kappa shape index (κ3) is 6.22. The number of hydrogen-bond donors (Lipinski definition) is 3. The topological polar surface area (TPSA) is 77.6 Å². The summed E-state index contributed by atoms with van der Waals surface area (Å²) in [6.07, 6.45) is 0.587. The van der Waals surface area contributed by atoms with Crippen LogP contribution >= 0.6 is 12.2 Å². The summed E-state index contributed by atoms with van der Waals surface area (Å²) in [5.74, 6) is 1.23. The van der Waals surface area contributed by atoms with Crippen LogP contribution in [0.25, 0.3) is 10.9 Å². The Morgan fingerprint density at radius 1 is 1.37 bits per heavy atom. The predicted octanol–water partition coefficient (Wildman–Crippen LogP) is 2.64. The lowest BCUT2D eigenvalue weighted by Gasteiger charge is -2.26. The fraction of sp³-hybridized carbons (Fsp3) is 0.500. The SMILES string of the molecule is CCOc1ccc2[nH]c(=O)c(CN(CCCO)C(=S)NCC(C)C)cc2c1. The second-order valence-corrected chi connectivity index (χ2v) is 7.27. The zero-order valence-corrected chi connectivity index (χ0v) is 17.1. The second-order valence-electron chi connectivity index (χ2n) is 6.88. The number of H-pyrrole nitrogens is 1. The maximum Gasteiger partial charge on any atom is 0.253 e. The lowest BCUT2D eigenvalue weighted by atomic mass is 10.1. The highest BCUT2D eigenvalue weighted by Gasteiger charge is 2.13. The van der Waals surface area contributed by atoms with Gasteiger partial charge < -0.3 is 25.0 Å². The van der Waals surface area contributed by atoms with Gasteiger partial charge in [0.05, 0.1) is 13.2 Å². The Kier molecular flexibility index (Phi) is 8.06. The van der Waals surface area contributed by atoms with Crippen LogP contribution in [0.15, 0.2) is 29.1 Å². The Morgan fingerprint density at radius 2 is 2.15 bits per heavy atom. The third-order valence-electron chi connectivity index (χ3n) is 4.10. The number of nitrogens with one attached hydrogen (secondary N) is 2. The van der Waals surface area contributed by atoms with Gasteiger partial charge in [0.15, 0.2) is 5.11 Å². The van der Waals surface area contributed by atoms with Gasteiger partial charge in [-0.1, -0.05) is 13.8 Å². The van der Waals surface area contributed by atoms with Crippen molar-refractivity contribution in [2.24, 2.45) is 5.92 Å². The first kappa shape index (κ1) is 21.2. The summed E-state index contributed by atoms with van der Waals surface area (Å²) in [6, 6.07) is 7.50. The molecule has 0 saturated heterocycles. The van der Waals surface area contributed by atoms with Gasteiger partial charge in [-0.25, -0.2) is 0 Å². The molecule has 0 amide bonds. The minimum atomic E-state index is -0.132. The first-order valence-corrected chi connectivity index (χ1v) is 9.77. The number of benzene rings is 1. The molecule has 148 valence electrons.